The normalized spacial score (nSPS) is 14.4. The fraction of sp³-hybridized carbons (Fsp3) is 0.312. The van der Waals surface area contributed by atoms with Gasteiger partial charge in [0.1, 0.15) is 5.69 Å². The van der Waals surface area contributed by atoms with Crippen molar-refractivity contribution in [3.63, 3.8) is 0 Å². The number of piperazine rings is 1. The second-order valence-electron chi connectivity index (χ2n) is 5.83. The van der Waals surface area contributed by atoms with Crippen molar-refractivity contribution >= 4 is 23.2 Å². The highest BCUT2D eigenvalue weighted by Gasteiger charge is 2.27. The number of nitro groups is 1. The SMILES string of the molecule is Cc1cc(C(=O)N2CCN(c3ncccn3)CC2)c(N)c([N+](=O)[O-])c1. The van der Waals surface area contributed by atoms with Crippen molar-refractivity contribution in [3.05, 3.63) is 51.8 Å². The van der Waals surface area contributed by atoms with Crippen LogP contribution >= 0.6 is 0 Å². The zero-order valence-corrected chi connectivity index (χ0v) is 13.8. The topological polar surface area (TPSA) is 118 Å². The molecule has 25 heavy (non-hydrogen) atoms. The van der Waals surface area contributed by atoms with E-state index in [0.717, 1.165) is 0 Å². The molecule has 1 aliphatic rings. The molecule has 2 heterocycles. The first-order valence-corrected chi connectivity index (χ1v) is 7.83. The lowest BCUT2D eigenvalue weighted by Crippen LogP contribution is -2.49. The average molecular weight is 342 g/mol. The lowest BCUT2D eigenvalue weighted by Gasteiger charge is -2.34. The van der Waals surface area contributed by atoms with Crippen molar-refractivity contribution in [1.29, 1.82) is 0 Å². The molecule has 0 bridgehead atoms. The Morgan fingerprint density at radius 2 is 1.84 bits per heavy atom. The molecule has 1 aromatic carbocycles. The summed E-state index contributed by atoms with van der Waals surface area (Å²) in [5.41, 5.74) is 6.34. The van der Waals surface area contributed by atoms with E-state index in [1.54, 1.807) is 36.4 Å². The first-order valence-electron chi connectivity index (χ1n) is 7.83. The van der Waals surface area contributed by atoms with Crippen molar-refractivity contribution in [2.24, 2.45) is 0 Å². The highest BCUT2D eigenvalue weighted by atomic mass is 16.6. The number of nitrogens with two attached hydrogens (primary N) is 1. The van der Waals surface area contributed by atoms with Gasteiger partial charge in [-0.05, 0) is 24.6 Å². The van der Waals surface area contributed by atoms with Crippen molar-refractivity contribution < 1.29 is 9.72 Å². The molecule has 2 N–H and O–H groups in total. The zero-order valence-electron chi connectivity index (χ0n) is 13.8. The van der Waals surface area contributed by atoms with Crippen LogP contribution in [0.1, 0.15) is 15.9 Å². The molecular formula is C16H18N6O3. The molecule has 1 aromatic heterocycles. The molecule has 130 valence electrons. The Balaban J connectivity index is 1.76. The lowest BCUT2D eigenvalue weighted by atomic mass is 10.1. The van der Waals surface area contributed by atoms with Gasteiger partial charge in [-0.3, -0.25) is 14.9 Å². The second-order valence-corrected chi connectivity index (χ2v) is 5.83. The molecule has 1 amide bonds. The summed E-state index contributed by atoms with van der Waals surface area (Å²) in [5.74, 6) is 0.332. The molecule has 1 fully saturated rings. The maximum atomic E-state index is 12.8. The zero-order chi connectivity index (χ0) is 18.0. The van der Waals surface area contributed by atoms with Crippen LogP contribution in [0.15, 0.2) is 30.6 Å². The number of nitro benzene ring substituents is 1. The summed E-state index contributed by atoms with van der Waals surface area (Å²) in [7, 11) is 0. The number of carbonyl (C=O) groups excluding carboxylic acids is 1. The lowest BCUT2D eigenvalue weighted by molar-refractivity contribution is -0.384. The molecule has 2 aromatic rings. The summed E-state index contributed by atoms with van der Waals surface area (Å²) in [6, 6.07) is 4.71. The molecule has 0 radical (unpaired) electrons. The van der Waals surface area contributed by atoms with Crippen LogP contribution in [0.5, 0.6) is 0 Å². The van der Waals surface area contributed by atoms with Gasteiger partial charge in [0.25, 0.3) is 11.6 Å². The van der Waals surface area contributed by atoms with Gasteiger partial charge in [0.05, 0.1) is 10.5 Å². The Labute approximate surface area is 144 Å². The van der Waals surface area contributed by atoms with Crippen LogP contribution < -0.4 is 10.6 Å². The number of nitrogens with zero attached hydrogens (tertiary/aromatic N) is 5. The van der Waals surface area contributed by atoms with Crippen LogP contribution in [0.4, 0.5) is 17.3 Å². The standard InChI is InChI=1S/C16H18N6O3/c1-11-9-12(14(17)13(10-11)22(24)25)15(23)20-5-7-21(8-6-20)16-18-3-2-4-19-16/h2-4,9-10H,5-8,17H2,1H3. The number of aromatic nitrogens is 2. The molecule has 3 rings (SSSR count). The summed E-state index contributed by atoms with van der Waals surface area (Å²) in [4.78, 5) is 35.3. The van der Waals surface area contributed by atoms with Crippen LogP contribution in [-0.4, -0.2) is 51.9 Å². The Morgan fingerprint density at radius 3 is 2.44 bits per heavy atom. The van der Waals surface area contributed by atoms with Crippen molar-refractivity contribution in [1.82, 2.24) is 14.9 Å². The quantitative estimate of drug-likeness (QED) is 0.506. The Bertz CT molecular complexity index is 803. The molecule has 0 aliphatic carbocycles. The Hall–Kier alpha value is -3.23. The number of benzene rings is 1. The minimum Gasteiger partial charge on any atom is -0.393 e. The highest BCUT2D eigenvalue weighted by Crippen LogP contribution is 2.28. The third-order valence-corrected chi connectivity index (χ3v) is 4.13. The van der Waals surface area contributed by atoms with E-state index in [-0.39, 0.29) is 22.8 Å². The molecule has 1 saturated heterocycles. The molecule has 0 spiro atoms. The van der Waals surface area contributed by atoms with E-state index in [2.05, 4.69) is 9.97 Å². The maximum Gasteiger partial charge on any atom is 0.293 e. The highest BCUT2D eigenvalue weighted by molar-refractivity contribution is 6.01. The van der Waals surface area contributed by atoms with E-state index in [0.29, 0.717) is 37.7 Å². The van der Waals surface area contributed by atoms with Gasteiger partial charge in [-0.25, -0.2) is 9.97 Å². The van der Waals surface area contributed by atoms with E-state index >= 15 is 0 Å². The number of aryl methyl sites for hydroxylation is 1. The van der Waals surface area contributed by atoms with Crippen LogP contribution in [-0.2, 0) is 0 Å². The summed E-state index contributed by atoms with van der Waals surface area (Å²) >= 11 is 0. The fourth-order valence-corrected chi connectivity index (χ4v) is 2.84. The van der Waals surface area contributed by atoms with Crippen molar-refractivity contribution in [2.45, 2.75) is 6.92 Å². The van der Waals surface area contributed by atoms with Crippen LogP contribution in [0.2, 0.25) is 0 Å². The van der Waals surface area contributed by atoms with Crippen molar-refractivity contribution in [3.8, 4) is 0 Å². The summed E-state index contributed by atoms with van der Waals surface area (Å²) in [5, 5.41) is 11.1. The Kier molecular flexibility index (Phi) is 4.46. The molecule has 9 heteroatoms. The van der Waals surface area contributed by atoms with Gasteiger partial charge >= 0.3 is 0 Å². The summed E-state index contributed by atoms with van der Waals surface area (Å²) in [6.07, 6.45) is 3.35. The van der Waals surface area contributed by atoms with Crippen LogP contribution in [0.25, 0.3) is 0 Å². The molecule has 9 nitrogen and oxygen atoms in total. The van der Waals surface area contributed by atoms with E-state index in [4.69, 9.17) is 5.73 Å². The van der Waals surface area contributed by atoms with Gasteiger partial charge in [0.15, 0.2) is 0 Å². The number of hydrogen-bond acceptors (Lipinski definition) is 7. The molecule has 0 unspecified atom stereocenters. The van der Waals surface area contributed by atoms with Crippen molar-refractivity contribution in [2.75, 3.05) is 36.8 Å². The van der Waals surface area contributed by atoms with E-state index < -0.39 is 4.92 Å². The summed E-state index contributed by atoms with van der Waals surface area (Å²) < 4.78 is 0. The fourth-order valence-electron chi connectivity index (χ4n) is 2.84. The van der Waals surface area contributed by atoms with Gasteiger partial charge < -0.3 is 15.5 Å². The maximum absolute atomic E-state index is 12.8. The first kappa shape index (κ1) is 16.6. The van der Waals surface area contributed by atoms with E-state index in [9.17, 15) is 14.9 Å². The number of anilines is 2. The second kappa shape index (κ2) is 6.71. The largest absolute Gasteiger partial charge is 0.393 e. The van der Waals surface area contributed by atoms with Gasteiger partial charge in [-0.2, -0.15) is 0 Å². The third-order valence-electron chi connectivity index (χ3n) is 4.13. The van der Waals surface area contributed by atoms with E-state index in [1.165, 1.54) is 6.07 Å². The average Bonchev–Trinajstić information content (AvgIpc) is 2.63. The number of nitrogen functional groups attached to an aromatic ring is 1. The predicted octanol–water partition coefficient (Wildman–Crippen LogP) is 1.24. The first-order chi connectivity index (χ1) is 12.0. The molecule has 1 aliphatic heterocycles. The molecular weight excluding hydrogens is 324 g/mol. The predicted molar refractivity (Wildman–Crippen MR) is 92.4 cm³/mol. The summed E-state index contributed by atoms with van der Waals surface area (Å²) in [6.45, 7) is 3.82. The third kappa shape index (κ3) is 3.35. The number of amides is 1. The number of carbonyl (C=O) groups is 1. The van der Waals surface area contributed by atoms with Crippen LogP contribution in [0, 0.1) is 17.0 Å². The smallest absolute Gasteiger partial charge is 0.293 e. The molecule has 0 atom stereocenters. The number of rotatable bonds is 3. The van der Waals surface area contributed by atoms with Gasteiger partial charge in [-0.15, -0.1) is 0 Å². The minimum absolute atomic E-state index is 0.0885. The van der Waals surface area contributed by atoms with Gasteiger partial charge in [0.2, 0.25) is 5.95 Å². The van der Waals surface area contributed by atoms with E-state index in [1.807, 2.05) is 4.90 Å². The number of hydrogen-bond donors (Lipinski definition) is 1. The van der Waals surface area contributed by atoms with Gasteiger partial charge in [0, 0.05) is 44.6 Å². The van der Waals surface area contributed by atoms with Crippen LogP contribution in [0.3, 0.4) is 0 Å². The Morgan fingerprint density at radius 1 is 1.20 bits per heavy atom. The molecule has 0 saturated carbocycles. The monoisotopic (exact) mass is 342 g/mol. The minimum atomic E-state index is -0.566. The van der Waals surface area contributed by atoms with Gasteiger partial charge in [-0.1, -0.05) is 0 Å².